The molecule has 5 nitrogen and oxygen atoms in total. The molecule has 2 aromatic rings. The number of nitrogens with zero attached hydrogens (tertiary/aromatic N) is 3. The number of nitrogens with two attached hydrogens (primary N) is 1. The first-order valence-electron chi connectivity index (χ1n) is 4.96. The SMILES string of the molecule is Cc1ccc(C#N)cc1Oc1nccc(N)n1. The Morgan fingerprint density at radius 3 is 2.88 bits per heavy atom. The van der Waals surface area contributed by atoms with Gasteiger partial charge in [-0.05, 0) is 30.7 Å². The molecule has 1 heterocycles. The Bertz CT molecular complexity index is 589. The van der Waals surface area contributed by atoms with E-state index in [1.807, 2.05) is 13.0 Å². The zero-order valence-electron chi connectivity index (χ0n) is 9.21. The maximum Gasteiger partial charge on any atom is 0.323 e. The number of benzene rings is 1. The lowest BCUT2D eigenvalue weighted by molar-refractivity contribution is 0.439. The first kappa shape index (κ1) is 10.9. The second-order valence-electron chi connectivity index (χ2n) is 3.46. The summed E-state index contributed by atoms with van der Waals surface area (Å²) in [5.74, 6) is 0.888. The average molecular weight is 226 g/mol. The van der Waals surface area contributed by atoms with E-state index < -0.39 is 0 Å². The van der Waals surface area contributed by atoms with Gasteiger partial charge in [0.2, 0.25) is 0 Å². The molecule has 0 spiro atoms. The highest BCUT2D eigenvalue weighted by atomic mass is 16.5. The molecule has 0 bridgehead atoms. The van der Waals surface area contributed by atoms with Gasteiger partial charge in [-0.2, -0.15) is 10.2 Å². The minimum atomic E-state index is 0.170. The van der Waals surface area contributed by atoms with E-state index in [9.17, 15) is 0 Å². The summed E-state index contributed by atoms with van der Waals surface area (Å²) in [6.45, 7) is 1.88. The quantitative estimate of drug-likeness (QED) is 0.846. The first-order chi connectivity index (χ1) is 8.19. The van der Waals surface area contributed by atoms with Crippen molar-refractivity contribution in [2.75, 3.05) is 5.73 Å². The van der Waals surface area contributed by atoms with Crippen LogP contribution >= 0.6 is 0 Å². The predicted molar refractivity (Wildman–Crippen MR) is 62.4 cm³/mol. The van der Waals surface area contributed by atoms with E-state index in [2.05, 4.69) is 9.97 Å². The molecule has 17 heavy (non-hydrogen) atoms. The number of nitrogen functional groups attached to an aromatic ring is 1. The summed E-state index contributed by atoms with van der Waals surface area (Å²) in [5, 5.41) is 8.81. The molecular weight excluding hydrogens is 216 g/mol. The highest BCUT2D eigenvalue weighted by Gasteiger charge is 2.05. The number of hydrogen-bond acceptors (Lipinski definition) is 5. The van der Waals surface area contributed by atoms with Crippen LogP contribution in [0.4, 0.5) is 5.82 Å². The molecule has 0 fully saturated rings. The molecule has 2 rings (SSSR count). The normalized spacial score (nSPS) is 9.65. The monoisotopic (exact) mass is 226 g/mol. The van der Waals surface area contributed by atoms with Crippen molar-refractivity contribution in [1.29, 1.82) is 5.26 Å². The summed E-state index contributed by atoms with van der Waals surface area (Å²) < 4.78 is 5.48. The van der Waals surface area contributed by atoms with Crippen LogP contribution in [-0.2, 0) is 0 Å². The zero-order chi connectivity index (χ0) is 12.3. The van der Waals surface area contributed by atoms with E-state index in [1.165, 1.54) is 6.20 Å². The molecule has 0 aliphatic carbocycles. The molecule has 1 aromatic carbocycles. The number of aryl methyl sites for hydroxylation is 1. The Kier molecular flexibility index (Phi) is 2.88. The second-order valence-corrected chi connectivity index (χ2v) is 3.46. The maximum atomic E-state index is 8.81. The highest BCUT2D eigenvalue weighted by Crippen LogP contribution is 2.23. The van der Waals surface area contributed by atoms with Crippen molar-refractivity contribution in [3.05, 3.63) is 41.6 Å². The molecule has 0 unspecified atom stereocenters. The molecule has 1 aromatic heterocycles. The van der Waals surface area contributed by atoms with Crippen LogP contribution in [0.25, 0.3) is 0 Å². The molecule has 0 amide bonds. The number of nitriles is 1. The lowest BCUT2D eigenvalue weighted by Gasteiger charge is -2.07. The lowest BCUT2D eigenvalue weighted by atomic mass is 10.1. The first-order valence-corrected chi connectivity index (χ1v) is 4.96. The molecular formula is C12H10N4O. The van der Waals surface area contributed by atoms with Gasteiger partial charge in [-0.15, -0.1) is 0 Å². The van der Waals surface area contributed by atoms with E-state index in [0.29, 0.717) is 17.1 Å². The topological polar surface area (TPSA) is 84.8 Å². The zero-order valence-corrected chi connectivity index (χ0v) is 9.21. The summed E-state index contributed by atoms with van der Waals surface area (Å²) in [6, 6.07) is 8.96. The van der Waals surface area contributed by atoms with Crippen LogP contribution in [0.5, 0.6) is 11.8 Å². The summed E-state index contributed by atoms with van der Waals surface area (Å²) in [7, 11) is 0. The fraction of sp³-hybridized carbons (Fsp3) is 0.0833. The van der Waals surface area contributed by atoms with Gasteiger partial charge in [-0.3, -0.25) is 0 Å². The Labute approximate surface area is 98.5 Å². The molecule has 0 saturated heterocycles. The molecule has 0 saturated carbocycles. The number of anilines is 1. The lowest BCUT2D eigenvalue weighted by Crippen LogP contribution is -1.97. The molecule has 84 valence electrons. The van der Waals surface area contributed by atoms with Crippen LogP contribution in [0.1, 0.15) is 11.1 Å². The third-order valence-electron chi connectivity index (χ3n) is 2.17. The number of hydrogen-bond donors (Lipinski definition) is 1. The minimum absolute atomic E-state index is 0.170. The second kappa shape index (κ2) is 4.49. The van der Waals surface area contributed by atoms with E-state index in [-0.39, 0.29) is 6.01 Å². The Hall–Kier alpha value is -2.61. The number of aromatic nitrogens is 2. The van der Waals surface area contributed by atoms with Crippen LogP contribution in [-0.4, -0.2) is 9.97 Å². The van der Waals surface area contributed by atoms with Gasteiger partial charge in [0.25, 0.3) is 0 Å². The van der Waals surface area contributed by atoms with E-state index in [0.717, 1.165) is 5.56 Å². The van der Waals surface area contributed by atoms with Crippen LogP contribution in [0.15, 0.2) is 30.5 Å². The van der Waals surface area contributed by atoms with Crippen molar-refractivity contribution in [2.24, 2.45) is 0 Å². The van der Waals surface area contributed by atoms with Crippen molar-refractivity contribution < 1.29 is 4.74 Å². The van der Waals surface area contributed by atoms with Gasteiger partial charge in [0, 0.05) is 6.20 Å². The largest absolute Gasteiger partial charge is 0.424 e. The van der Waals surface area contributed by atoms with Crippen molar-refractivity contribution >= 4 is 5.82 Å². The molecule has 5 heteroatoms. The van der Waals surface area contributed by atoms with E-state index >= 15 is 0 Å². The van der Waals surface area contributed by atoms with Gasteiger partial charge in [-0.1, -0.05) is 6.07 Å². The average Bonchev–Trinajstić information content (AvgIpc) is 2.32. The van der Waals surface area contributed by atoms with Gasteiger partial charge in [0.05, 0.1) is 11.6 Å². The van der Waals surface area contributed by atoms with Gasteiger partial charge >= 0.3 is 6.01 Å². The Balaban J connectivity index is 2.33. The van der Waals surface area contributed by atoms with Crippen molar-refractivity contribution in [1.82, 2.24) is 9.97 Å². The molecule has 0 aliphatic heterocycles. The summed E-state index contributed by atoms with van der Waals surface area (Å²) in [5.41, 5.74) is 6.94. The van der Waals surface area contributed by atoms with Gasteiger partial charge < -0.3 is 10.5 Å². The van der Waals surface area contributed by atoms with Crippen LogP contribution in [0, 0.1) is 18.3 Å². The van der Waals surface area contributed by atoms with E-state index in [4.69, 9.17) is 15.7 Å². The summed E-state index contributed by atoms with van der Waals surface area (Å²) >= 11 is 0. The molecule has 0 aliphatic rings. The smallest absolute Gasteiger partial charge is 0.323 e. The van der Waals surface area contributed by atoms with Crippen molar-refractivity contribution in [3.8, 4) is 17.8 Å². The van der Waals surface area contributed by atoms with E-state index in [1.54, 1.807) is 24.3 Å². The van der Waals surface area contributed by atoms with Crippen molar-refractivity contribution in [2.45, 2.75) is 6.92 Å². The Morgan fingerprint density at radius 1 is 1.35 bits per heavy atom. The third kappa shape index (κ3) is 2.49. The number of ether oxygens (including phenoxy) is 1. The fourth-order valence-electron chi connectivity index (χ4n) is 1.28. The maximum absolute atomic E-state index is 8.81. The fourth-order valence-corrected chi connectivity index (χ4v) is 1.28. The third-order valence-corrected chi connectivity index (χ3v) is 2.17. The standard InChI is InChI=1S/C12H10N4O/c1-8-2-3-9(7-13)6-10(8)17-12-15-5-4-11(14)16-12/h2-6H,1H3,(H2,14,15,16). The van der Waals surface area contributed by atoms with Gasteiger partial charge in [-0.25, -0.2) is 4.98 Å². The summed E-state index contributed by atoms with van der Waals surface area (Å²) in [6.07, 6.45) is 1.52. The Morgan fingerprint density at radius 2 is 2.18 bits per heavy atom. The summed E-state index contributed by atoms with van der Waals surface area (Å²) in [4.78, 5) is 7.86. The van der Waals surface area contributed by atoms with Crippen LogP contribution in [0.3, 0.4) is 0 Å². The molecule has 0 radical (unpaired) electrons. The van der Waals surface area contributed by atoms with Crippen molar-refractivity contribution in [3.63, 3.8) is 0 Å². The predicted octanol–water partition coefficient (Wildman–Crippen LogP) is 2.03. The molecule has 2 N–H and O–H groups in total. The van der Waals surface area contributed by atoms with Crippen LogP contribution in [0.2, 0.25) is 0 Å². The molecule has 0 atom stereocenters. The van der Waals surface area contributed by atoms with Gasteiger partial charge in [0.1, 0.15) is 11.6 Å². The van der Waals surface area contributed by atoms with Gasteiger partial charge in [0.15, 0.2) is 0 Å². The number of rotatable bonds is 2. The minimum Gasteiger partial charge on any atom is -0.424 e. The van der Waals surface area contributed by atoms with Crippen LogP contribution < -0.4 is 10.5 Å². The highest BCUT2D eigenvalue weighted by molar-refractivity contribution is 5.43.